The van der Waals surface area contributed by atoms with E-state index in [0.29, 0.717) is 5.92 Å². The number of nitrogens with one attached hydrogen (secondary N) is 1. The maximum absolute atomic E-state index is 5.53. The molecule has 2 aromatic carbocycles. The number of terminal acetylenes is 1. The molecule has 1 aliphatic carbocycles. The summed E-state index contributed by atoms with van der Waals surface area (Å²) in [6, 6.07) is 13.1. The zero-order chi connectivity index (χ0) is 26.6. The van der Waals surface area contributed by atoms with Crippen molar-refractivity contribution in [1.29, 1.82) is 0 Å². The quantitative estimate of drug-likeness (QED) is 0.385. The molecule has 3 aromatic rings. The maximum Gasteiger partial charge on any atom is 0.138 e. The lowest BCUT2D eigenvalue weighted by molar-refractivity contribution is 0.276. The first-order valence-corrected chi connectivity index (χ1v) is 13.9. The zero-order valence-corrected chi connectivity index (χ0v) is 23.0. The number of allylic oxidation sites excluding steroid dienone is 1. The van der Waals surface area contributed by atoms with Gasteiger partial charge in [0.1, 0.15) is 5.82 Å². The topological polar surface area (TPSA) is 35.2 Å². The molecule has 194 valence electrons. The molecule has 38 heavy (non-hydrogen) atoms. The molecular weight excluding hydrogens is 464 g/mol. The first kappa shape index (κ1) is 24.6. The van der Waals surface area contributed by atoms with Crippen LogP contribution in [-0.4, -0.2) is 39.4 Å². The minimum absolute atomic E-state index is 0.206. The van der Waals surface area contributed by atoms with Gasteiger partial charge in [-0.15, -0.1) is 6.42 Å². The number of piperidine rings is 1. The van der Waals surface area contributed by atoms with E-state index in [-0.39, 0.29) is 5.41 Å². The van der Waals surface area contributed by atoms with E-state index in [1.54, 1.807) is 0 Å². The van der Waals surface area contributed by atoms with Gasteiger partial charge < -0.3 is 14.8 Å². The van der Waals surface area contributed by atoms with E-state index < -0.39 is 0 Å². The van der Waals surface area contributed by atoms with Crippen molar-refractivity contribution in [3.63, 3.8) is 0 Å². The molecule has 2 fully saturated rings. The van der Waals surface area contributed by atoms with Gasteiger partial charge in [0.05, 0.1) is 17.9 Å². The van der Waals surface area contributed by atoms with Gasteiger partial charge >= 0.3 is 0 Å². The summed E-state index contributed by atoms with van der Waals surface area (Å²) >= 11 is 0. The largest absolute Gasteiger partial charge is 0.371 e. The Morgan fingerprint density at radius 3 is 2.39 bits per heavy atom. The smallest absolute Gasteiger partial charge is 0.138 e. The third-order valence-corrected chi connectivity index (χ3v) is 9.08. The van der Waals surface area contributed by atoms with E-state index in [1.165, 1.54) is 52.0 Å². The van der Waals surface area contributed by atoms with Crippen LogP contribution in [0.3, 0.4) is 0 Å². The molecule has 1 saturated heterocycles. The predicted molar refractivity (Wildman–Crippen MR) is 157 cm³/mol. The monoisotopic (exact) mass is 502 g/mol. The number of hydrogen-bond acceptors (Lipinski definition) is 3. The van der Waals surface area contributed by atoms with Gasteiger partial charge in [-0.05, 0) is 87.3 Å². The van der Waals surface area contributed by atoms with Crippen LogP contribution in [-0.2, 0) is 12.0 Å². The number of hydrogen-bond donors (Lipinski definition) is 1. The first-order chi connectivity index (χ1) is 18.3. The van der Waals surface area contributed by atoms with Crippen molar-refractivity contribution in [1.82, 2.24) is 19.8 Å². The highest BCUT2D eigenvalue weighted by Gasteiger charge is 2.51. The number of H-pyrrole nitrogens is 1. The van der Waals surface area contributed by atoms with Crippen LogP contribution in [0.15, 0.2) is 55.3 Å². The number of fused-ring (bicyclic) bond motifs is 2. The summed E-state index contributed by atoms with van der Waals surface area (Å²) in [5.74, 6) is 4.28. The molecule has 0 bridgehead atoms. The van der Waals surface area contributed by atoms with E-state index in [1.807, 2.05) is 0 Å². The fourth-order valence-corrected chi connectivity index (χ4v) is 6.52. The second kappa shape index (κ2) is 9.24. The lowest BCUT2D eigenvalue weighted by atomic mass is 9.88. The molecular formula is C34H38N4. The molecule has 0 atom stereocenters. The lowest BCUT2D eigenvalue weighted by Crippen LogP contribution is -2.36. The Bertz CT molecular complexity index is 1450. The second-order valence-electron chi connectivity index (χ2n) is 11.7. The Morgan fingerprint density at radius 2 is 1.76 bits per heavy atom. The van der Waals surface area contributed by atoms with Crippen LogP contribution in [0, 0.1) is 26.2 Å². The summed E-state index contributed by atoms with van der Waals surface area (Å²) in [5.41, 5.74) is 12.3. The van der Waals surface area contributed by atoms with Gasteiger partial charge in [0.25, 0.3) is 0 Å². The van der Waals surface area contributed by atoms with Crippen molar-refractivity contribution in [3.8, 4) is 23.7 Å². The standard InChI is InChI=1S/C34H38N4/c1-7-26-8-10-27(11-9-26)28-12-16-37(17-13-28)25(6)29-19-30(24(5)18-23(29)4)33-35-31-20-38(22(2)3)21-34(14-15-34)32(31)36-33/h1,8-11,18-19,28H,2,6,12-17,20-21H2,3-5H3,(H,35,36). The molecule has 1 spiro atoms. The first-order valence-electron chi connectivity index (χ1n) is 13.9. The number of aromatic nitrogens is 2. The van der Waals surface area contributed by atoms with Gasteiger partial charge in [-0.3, -0.25) is 0 Å². The normalized spacial score (nSPS) is 18.3. The highest BCUT2D eigenvalue weighted by Crippen LogP contribution is 2.52. The van der Waals surface area contributed by atoms with Crippen LogP contribution >= 0.6 is 0 Å². The fourth-order valence-electron chi connectivity index (χ4n) is 6.52. The number of benzene rings is 2. The third kappa shape index (κ3) is 4.25. The van der Waals surface area contributed by atoms with Crippen molar-refractivity contribution in [2.45, 2.75) is 64.3 Å². The molecule has 1 saturated carbocycles. The Labute approximate surface area is 227 Å². The Balaban J connectivity index is 1.23. The van der Waals surface area contributed by atoms with Crippen LogP contribution in [0.5, 0.6) is 0 Å². The molecule has 1 N–H and O–H groups in total. The predicted octanol–water partition coefficient (Wildman–Crippen LogP) is 6.91. The van der Waals surface area contributed by atoms with E-state index in [4.69, 9.17) is 11.4 Å². The van der Waals surface area contributed by atoms with Crippen LogP contribution in [0.2, 0.25) is 0 Å². The zero-order valence-electron chi connectivity index (χ0n) is 23.0. The second-order valence-corrected chi connectivity index (χ2v) is 11.7. The third-order valence-electron chi connectivity index (χ3n) is 9.08. The molecule has 2 aliphatic heterocycles. The summed E-state index contributed by atoms with van der Waals surface area (Å²) in [6.07, 6.45) is 10.2. The van der Waals surface area contributed by atoms with E-state index in [9.17, 15) is 0 Å². The van der Waals surface area contributed by atoms with Crippen molar-refractivity contribution in [3.05, 3.63) is 94.5 Å². The Hall–Kier alpha value is -3.71. The molecule has 3 aliphatic rings. The number of aryl methyl sites for hydroxylation is 2. The van der Waals surface area contributed by atoms with Crippen molar-refractivity contribution in [2.75, 3.05) is 19.6 Å². The molecule has 4 heteroatoms. The van der Waals surface area contributed by atoms with Crippen LogP contribution in [0.4, 0.5) is 0 Å². The van der Waals surface area contributed by atoms with Gasteiger partial charge in [-0.1, -0.05) is 37.3 Å². The summed E-state index contributed by atoms with van der Waals surface area (Å²) in [6.45, 7) is 19.2. The highest BCUT2D eigenvalue weighted by atomic mass is 15.2. The average Bonchev–Trinajstić information content (AvgIpc) is 3.55. The summed E-state index contributed by atoms with van der Waals surface area (Å²) < 4.78 is 0. The Kier molecular flexibility index (Phi) is 5.99. The average molecular weight is 503 g/mol. The van der Waals surface area contributed by atoms with Crippen molar-refractivity contribution >= 4 is 5.70 Å². The SMILES string of the molecule is C#Cc1ccc(C2CCN(C(=C)c3cc(-c4nc5c([nH]4)CN(C(=C)C)CC54CC4)c(C)cc3C)CC2)cc1. The molecule has 1 aromatic heterocycles. The molecule has 0 amide bonds. The number of nitrogens with zero attached hydrogens (tertiary/aromatic N) is 3. The molecule has 0 radical (unpaired) electrons. The number of rotatable bonds is 5. The van der Waals surface area contributed by atoms with Gasteiger partial charge in [0.15, 0.2) is 0 Å². The number of imidazole rings is 1. The fraction of sp³-hybridized carbons (Fsp3) is 0.382. The summed E-state index contributed by atoms with van der Waals surface area (Å²) in [5, 5.41) is 0. The van der Waals surface area contributed by atoms with E-state index in [2.05, 4.69) is 91.0 Å². The van der Waals surface area contributed by atoms with Crippen molar-refractivity contribution in [2.24, 2.45) is 0 Å². The summed E-state index contributed by atoms with van der Waals surface area (Å²) in [7, 11) is 0. The van der Waals surface area contributed by atoms with Crippen molar-refractivity contribution < 1.29 is 0 Å². The van der Waals surface area contributed by atoms with Gasteiger partial charge in [0, 0.05) is 53.1 Å². The van der Waals surface area contributed by atoms with Crippen LogP contribution in [0.1, 0.15) is 77.7 Å². The van der Waals surface area contributed by atoms with E-state index in [0.717, 1.165) is 61.8 Å². The number of aromatic amines is 1. The molecule has 0 unspecified atom stereocenters. The van der Waals surface area contributed by atoms with Gasteiger partial charge in [-0.2, -0.15) is 0 Å². The molecule has 4 nitrogen and oxygen atoms in total. The number of likely N-dealkylation sites (tertiary alicyclic amines) is 1. The van der Waals surface area contributed by atoms with Gasteiger partial charge in [0.2, 0.25) is 0 Å². The minimum Gasteiger partial charge on any atom is -0.371 e. The highest BCUT2D eigenvalue weighted by molar-refractivity contribution is 5.73. The van der Waals surface area contributed by atoms with E-state index >= 15 is 0 Å². The molecule has 3 heterocycles. The Morgan fingerprint density at radius 1 is 1.05 bits per heavy atom. The van der Waals surface area contributed by atoms with Crippen LogP contribution in [0.25, 0.3) is 17.1 Å². The lowest BCUT2D eigenvalue weighted by Gasteiger charge is -2.35. The molecule has 6 rings (SSSR count). The van der Waals surface area contributed by atoms with Crippen LogP contribution < -0.4 is 0 Å². The van der Waals surface area contributed by atoms with Gasteiger partial charge in [-0.25, -0.2) is 4.98 Å². The minimum atomic E-state index is 0.206. The summed E-state index contributed by atoms with van der Waals surface area (Å²) in [4.78, 5) is 13.8. The maximum atomic E-state index is 5.53.